The molecule has 0 amide bonds. The summed E-state index contributed by atoms with van der Waals surface area (Å²) in [5.74, 6) is -0.195. The molecule has 5 heteroatoms. The number of aromatic amines is 1. The van der Waals surface area contributed by atoms with Crippen molar-refractivity contribution in [2.75, 3.05) is 6.61 Å². The van der Waals surface area contributed by atoms with Gasteiger partial charge in [-0.15, -0.1) is 0 Å². The highest BCUT2D eigenvalue weighted by atomic mass is 19.1. The van der Waals surface area contributed by atoms with Gasteiger partial charge < -0.3 is 9.72 Å². The lowest BCUT2D eigenvalue weighted by Crippen LogP contribution is -2.08. The van der Waals surface area contributed by atoms with Gasteiger partial charge in [-0.25, -0.2) is 9.37 Å². The van der Waals surface area contributed by atoms with E-state index in [-0.39, 0.29) is 18.2 Å². The van der Waals surface area contributed by atoms with Crippen molar-refractivity contribution in [2.24, 2.45) is 0 Å². The Labute approximate surface area is 91.4 Å². The minimum absolute atomic E-state index is 0.0736. The molecule has 0 bridgehead atoms. The predicted molar refractivity (Wildman–Crippen MR) is 56.4 cm³/mol. The molecule has 0 saturated heterocycles. The van der Waals surface area contributed by atoms with Crippen LogP contribution in [0.1, 0.15) is 12.7 Å². The van der Waals surface area contributed by atoms with Crippen LogP contribution in [0.25, 0.3) is 11.0 Å². The van der Waals surface area contributed by atoms with Gasteiger partial charge >= 0.3 is 5.97 Å². The first-order chi connectivity index (χ1) is 7.69. The van der Waals surface area contributed by atoms with Crippen molar-refractivity contribution in [2.45, 2.75) is 13.3 Å². The number of aromatic nitrogens is 2. The summed E-state index contributed by atoms with van der Waals surface area (Å²) in [6, 6.07) is 4.24. The number of hydrogen-bond donors (Lipinski definition) is 1. The molecule has 0 fully saturated rings. The number of ether oxygens (including phenoxy) is 1. The Kier molecular flexibility index (Phi) is 2.85. The number of benzene rings is 1. The molecule has 0 aliphatic heterocycles. The van der Waals surface area contributed by atoms with Gasteiger partial charge in [0.2, 0.25) is 0 Å². The molecule has 0 radical (unpaired) electrons. The van der Waals surface area contributed by atoms with E-state index >= 15 is 0 Å². The minimum atomic E-state index is -0.345. The zero-order chi connectivity index (χ0) is 11.5. The number of fused-ring (bicyclic) bond motifs is 1. The van der Waals surface area contributed by atoms with E-state index in [1.807, 2.05) is 0 Å². The Bertz CT molecular complexity index is 522. The van der Waals surface area contributed by atoms with Crippen LogP contribution in [0.4, 0.5) is 4.39 Å². The molecule has 0 aliphatic rings. The molecule has 1 aromatic carbocycles. The number of carbonyl (C=O) groups excluding carboxylic acids is 1. The molecule has 1 aromatic heterocycles. The summed E-state index contributed by atoms with van der Waals surface area (Å²) in [4.78, 5) is 18.2. The Hall–Kier alpha value is -1.91. The van der Waals surface area contributed by atoms with Crippen LogP contribution in [0.15, 0.2) is 18.2 Å². The number of H-pyrrole nitrogens is 1. The van der Waals surface area contributed by atoms with Crippen LogP contribution in [0.3, 0.4) is 0 Å². The summed E-state index contributed by atoms with van der Waals surface area (Å²) in [5.41, 5.74) is 1.22. The van der Waals surface area contributed by atoms with Gasteiger partial charge in [0.05, 0.1) is 17.6 Å². The lowest BCUT2D eigenvalue weighted by atomic mass is 10.3. The number of halogens is 1. The third-order valence-electron chi connectivity index (χ3n) is 2.11. The summed E-state index contributed by atoms with van der Waals surface area (Å²) in [7, 11) is 0. The number of imidazole rings is 1. The zero-order valence-electron chi connectivity index (χ0n) is 8.79. The molecule has 0 spiro atoms. The van der Waals surface area contributed by atoms with Crippen LogP contribution in [0.2, 0.25) is 0 Å². The summed E-state index contributed by atoms with van der Waals surface area (Å²) < 4.78 is 17.7. The average molecular weight is 222 g/mol. The Morgan fingerprint density at radius 1 is 1.56 bits per heavy atom. The summed E-state index contributed by atoms with van der Waals surface area (Å²) in [5, 5.41) is 0. The number of rotatable bonds is 3. The quantitative estimate of drug-likeness (QED) is 0.806. The SMILES string of the molecule is CCOC(=O)Cc1nc2ccc(F)cc2[nH]1. The topological polar surface area (TPSA) is 55.0 Å². The fourth-order valence-corrected chi connectivity index (χ4v) is 1.47. The first-order valence-electron chi connectivity index (χ1n) is 4.99. The molecule has 4 nitrogen and oxygen atoms in total. The number of nitrogens with one attached hydrogen (secondary N) is 1. The molecular formula is C11H11FN2O2. The second kappa shape index (κ2) is 4.30. The normalized spacial score (nSPS) is 10.6. The molecule has 1 N–H and O–H groups in total. The van der Waals surface area contributed by atoms with E-state index < -0.39 is 0 Å². The second-order valence-electron chi connectivity index (χ2n) is 3.33. The maximum absolute atomic E-state index is 12.9. The van der Waals surface area contributed by atoms with Gasteiger partial charge in [-0.05, 0) is 25.1 Å². The van der Waals surface area contributed by atoms with Crippen LogP contribution in [0, 0.1) is 5.82 Å². The molecular weight excluding hydrogens is 211 g/mol. The van der Waals surface area contributed by atoms with Gasteiger partial charge in [0, 0.05) is 0 Å². The molecule has 1 heterocycles. The highest BCUT2D eigenvalue weighted by molar-refractivity contribution is 5.77. The van der Waals surface area contributed by atoms with Gasteiger partial charge in [0.15, 0.2) is 0 Å². The molecule has 0 unspecified atom stereocenters. The first-order valence-corrected chi connectivity index (χ1v) is 4.99. The Balaban J connectivity index is 2.23. The van der Waals surface area contributed by atoms with E-state index in [4.69, 9.17) is 4.74 Å². The number of esters is 1. The molecule has 84 valence electrons. The van der Waals surface area contributed by atoms with E-state index in [0.717, 1.165) is 0 Å². The van der Waals surface area contributed by atoms with Crippen LogP contribution in [-0.4, -0.2) is 22.5 Å². The van der Waals surface area contributed by atoms with Crippen molar-refractivity contribution >= 4 is 17.0 Å². The van der Waals surface area contributed by atoms with Crippen molar-refractivity contribution in [1.82, 2.24) is 9.97 Å². The predicted octanol–water partition coefficient (Wildman–Crippen LogP) is 1.81. The van der Waals surface area contributed by atoms with E-state index in [2.05, 4.69) is 9.97 Å². The third kappa shape index (κ3) is 2.18. The number of carbonyl (C=O) groups is 1. The standard InChI is InChI=1S/C11H11FN2O2/c1-2-16-11(15)6-10-13-8-4-3-7(12)5-9(8)14-10/h3-5H,2,6H2,1H3,(H,13,14). The van der Waals surface area contributed by atoms with Gasteiger partial charge in [0.1, 0.15) is 18.1 Å². The molecule has 0 saturated carbocycles. The van der Waals surface area contributed by atoms with Gasteiger partial charge in [-0.1, -0.05) is 0 Å². The van der Waals surface area contributed by atoms with Crippen molar-refractivity contribution < 1.29 is 13.9 Å². The van der Waals surface area contributed by atoms with E-state index in [0.29, 0.717) is 23.5 Å². The fourth-order valence-electron chi connectivity index (χ4n) is 1.47. The van der Waals surface area contributed by atoms with Gasteiger partial charge in [-0.3, -0.25) is 4.79 Å². The average Bonchev–Trinajstić information content (AvgIpc) is 2.59. The minimum Gasteiger partial charge on any atom is -0.466 e. The van der Waals surface area contributed by atoms with E-state index in [9.17, 15) is 9.18 Å². The van der Waals surface area contributed by atoms with Gasteiger partial charge in [0.25, 0.3) is 0 Å². The third-order valence-corrected chi connectivity index (χ3v) is 2.11. The molecule has 0 aliphatic carbocycles. The maximum atomic E-state index is 12.9. The zero-order valence-corrected chi connectivity index (χ0v) is 8.79. The van der Waals surface area contributed by atoms with Crippen LogP contribution >= 0.6 is 0 Å². The Morgan fingerprint density at radius 3 is 3.12 bits per heavy atom. The lowest BCUT2D eigenvalue weighted by molar-refractivity contribution is -0.142. The smallest absolute Gasteiger partial charge is 0.313 e. The molecule has 2 aromatic rings. The Morgan fingerprint density at radius 2 is 2.38 bits per heavy atom. The molecule has 0 atom stereocenters. The van der Waals surface area contributed by atoms with Crippen LogP contribution < -0.4 is 0 Å². The monoisotopic (exact) mass is 222 g/mol. The second-order valence-corrected chi connectivity index (χ2v) is 3.33. The van der Waals surface area contributed by atoms with Crippen LogP contribution in [0.5, 0.6) is 0 Å². The number of nitrogens with zero attached hydrogens (tertiary/aromatic N) is 1. The largest absolute Gasteiger partial charge is 0.466 e. The van der Waals surface area contributed by atoms with Crippen molar-refractivity contribution in [3.63, 3.8) is 0 Å². The lowest BCUT2D eigenvalue weighted by Gasteiger charge is -1.97. The summed E-state index contributed by atoms with van der Waals surface area (Å²) in [6.07, 6.45) is 0.0736. The highest BCUT2D eigenvalue weighted by Crippen LogP contribution is 2.13. The fraction of sp³-hybridized carbons (Fsp3) is 0.273. The van der Waals surface area contributed by atoms with E-state index in [1.54, 1.807) is 13.0 Å². The summed E-state index contributed by atoms with van der Waals surface area (Å²) in [6.45, 7) is 2.08. The van der Waals surface area contributed by atoms with Crippen molar-refractivity contribution in [1.29, 1.82) is 0 Å². The summed E-state index contributed by atoms with van der Waals surface area (Å²) >= 11 is 0. The van der Waals surface area contributed by atoms with Crippen LogP contribution in [-0.2, 0) is 16.0 Å². The van der Waals surface area contributed by atoms with Gasteiger partial charge in [-0.2, -0.15) is 0 Å². The maximum Gasteiger partial charge on any atom is 0.313 e. The van der Waals surface area contributed by atoms with E-state index in [1.165, 1.54) is 12.1 Å². The molecule has 16 heavy (non-hydrogen) atoms. The highest BCUT2D eigenvalue weighted by Gasteiger charge is 2.09. The van der Waals surface area contributed by atoms with Crippen molar-refractivity contribution in [3.8, 4) is 0 Å². The van der Waals surface area contributed by atoms with Crippen molar-refractivity contribution in [3.05, 3.63) is 29.8 Å². The first kappa shape index (κ1) is 10.6. The number of hydrogen-bond acceptors (Lipinski definition) is 3. The molecule has 2 rings (SSSR count).